The Kier molecular flexibility index (Phi) is 5.52. The highest BCUT2D eigenvalue weighted by atomic mass is 35.5. The number of thiol groups is 1. The summed E-state index contributed by atoms with van der Waals surface area (Å²) in [7, 11) is 0. The number of amides is 1. The van der Waals surface area contributed by atoms with Gasteiger partial charge >= 0.3 is 0 Å². The second kappa shape index (κ2) is 7.38. The molecule has 1 N–H and O–H groups in total. The molecule has 1 heterocycles. The third-order valence-corrected chi connectivity index (χ3v) is 3.22. The van der Waals surface area contributed by atoms with Gasteiger partial charge in [-0.05, 0) is 36.8 Å². The minimum atomic E-state index is -0.217. The molecule has 0 aliphatic heterocycles. The molecule has 0 saturated carbocycles. The van der Waals surface area contributed by atoms with Crippen LogP contribution in [0.25, 0.3) is 0 Å². The fraction of sp³-hybridized carbons (Fsp3) is 0.286. The smallest absolute Gasteiger partial charge is 0.271 e. The topological polar surface area (TPSA) is 56.1 Å². The van der Waals surface area contributed by atoms with Gasteiger partial charge in [0.25, 0.3) is 5.91 Å². The molecule has 0 atom stereocenters. The molecular formula is C14H16ClN3O2S. The lowest BCUT2D eigenvalue weighted by Crippen LogP contribution is -2.26. The Hall–Kier alpha value is -1.66. The van der Waals surface area contributed by atoms with Crippen molar-refractivity contribution in [1.82, 2.24) is 15.1 Å². The molecule has 7 heteroatoms. The van der Waals surface area contributed by atoms with Crippen LogP contribution in [0.2, 0.25) is 5.02 Å². The van der Waals surface area contributed by atoms with Crippen LogP contribution in [0.1, 0.15) is 16.1 Å². The number of nitrogens with one attached hydrogen (secondary N) is 1. The van der Waals surface area contributed by atoms with Crippen LogP contribution in [0.15, 0.2) is 30.5 Å². The Morgan fingerprint density at radius 3 is 3.00 bits per heavy atom. The Morgan fingerprint density at radius 2 is 2.29 bits per heavy atom. The van der Waals surface area contributed by atoms with Crippen molar-refractivity contribution < 1.29 is 9.53 Å². The SMILES string of the molecule is Cc1cc(Cl)ccc1OCn1ccc(C(=O)NCCS)n1. The molecule has 0 aliphatic carbocycles. The third-order valence-electron chi connectivity index (χ3n) is 2.76. The molecule has 1 aromatic carbocycles. The number of halogens is 1. The normalized spacial score (nSPS) is 10.4. The molecule has 21 heavy (non-hydrogen) atoms. The van der Waals surface area contributed by atoms with Crippen molar-refractivity contribution >= 4 is 30.1 Å². The molecule has 5 nitrogen and oxygen atoms in total. The molecule has 2 rings (SSSR count). The Labute approximate surface area is 133 Å². The summed E-state index contributed by atoms with van der Waals surface area (Å²) in [5.74, 6) is 1.10. The molecule has 0 spiro atoms. The zero-order valence-electron chi connectivity index (χ0n) is 11.5. The predicted octanol–water partition coefficient (Wildman–Crippen LogP) is 2.54. The highest BCUT2D eigenvalue weighted by Gasteiger charge is 2.09. The first-order valence-electron chi connectivity index (χ1n) is 6.41. The largest absolute Gasteiger partial charge is 0.471 e. The molecule has 0 radical (unpaired) electrons. The summed E-state index contributed by atoms with van der Waals surface area (Å²) in [4.78, 5) is 11.7. The monoisotopic (exact) mass is 325 g/mol. The number of rotatable bonds is 6. The lowest BCUT2D eigenvalue weighted by Gasteiger charge is -2.09. The van der Waals surface area contributed by atoms with Gasteiger partial charge in [0.15, 0.2) is 6.73 Å². The predicted molar refractivity (Wildman–Crippen MR) is 85.2 cm³/mol. The van der Waals surface area contributed by atoms with E-state index in [1.165, 1.54) is 0 Å². The second-order valence-corrected chi connectivity index (χ2v) is 5.29. The zero-order valence-corrected chi connectivity index (χ0v) is 13.2. The van der Waals surface area contributed by atoms with E-state index in [1.54, 1.807) is 23.0 Å². The van der Waals surface area contributed by atoms with Gasteiger partial charge in [-0.2, -0.15) is 17.7 Å². The van der Waals surface area contributed by atoms with Crippen LogP contribution in [0.5, 0.6) is 5.75 Å². The lowest BCUT2D eigenvalue weighted by molar-refractivity contribution is 0.0949. The maximum absolute atomic E-state index is 11.7. The van der Waals surface area contributed by atoms with Gasteiger partial charge in [0.05, 0.1) is 0 Å². The number of nitrogens with zero attached hydrogens (tertiary/aromatic N) is 2. The average molecular weight is 326 g/mol. The molecule has 1 aromatic heterocycles. The van der Waals surface area contributed by atoms with Crippen molar-refractivity contribution in [3.05, 3.63) is 46.7 Å². The highest BCUT2D eigenvalue weighted by Crippen LogP contribution is 2.21. The van der Waals surface area contributed by atoms with Crippen molar-refractivity contribution in [2.45, 2.75) is 13.7 Å². The van der Waals surface area contributed by atoms with Crippen molar-refractivity contribution in [3.63, 3.8) is 0 Å². The number of hydrogen-bond donors (Lipinski definition) is 2. The van der Waals surface area contributed by atoms with Crippen LogP contribution in [0, 0.1) is 6.92 Å². The van der Waals surface area contributed by atoms with Crippen molar-refractivity contribution in [3.8, 4) is 5.75 Å². The molecule has 112 valence electrons. The van der Waals surface area contributed by atoms with Gasteiger partial charge in [-0.1, -0.05) is 11.6 Å². The van der Waals surface area contributed by atoms with Gasteiger partial charge in [0, 0.05) is 23.5 Å². The summed E-state index contributed by atoms with van der Waals surface area (Å²) in [6.45, 7) is 2.65. The van der Waals surface area contributed by atoms with Crippen LogP contribution in [-0.2, 0) is 6.73 Å². The number of carbonyl (C=O) groups excluding carboxylic acids is 1. The van der Waals surface area contributed by atoms with Crippen LogP contribution >= 0.6 is 24.2 Å². The minimum absolute atomic E-state index is 0.217. The Morgan fingerprint density at radius 1 is 1.48 bits per heavy atom. The van der Waals surface area contributed by atoms with E-state index >= 15 is 0 Å². The van der Waals surface area contributed by atoms with E-state index in [0.29, 0.717) is 23.0 Å². The maximum Gasteiger partial charge on any atom is 0.271 e. The van der Waals surface area contributed by atoms with Crippen LogP contribution in [0.4, 0.5) is 0 Å². The number of carbonyl (C=O) groups is 1. The molecule has 2 aromatic rings. The fourth-order valence-electron chi connectivity index (χ4n) is 1.73. The van der Waals surface area contributed by atoms with Crippen LogP contribution in [-0.4, -0.2) is 28.0 Å². The Bertz CT molecular complexity index is 630. The van der Waals surface area contributed by atoms with E-state index in [0.717, 1.165) is 11.3 Å². The van der Waals surface area contributed by atoms with Gasteiger partial charge in [0.2, 0.25) is 0 Å². The van der Waals surface area contributed by atoms with Gasteiger partial charge in [-0.3, -0.25) is 4.79 Å². The van der Waals surface area contributed by atoms with Gasteiger partial charge < -0.3 is 10.1 Å². The van der Waals surface area contributed by atoms with Crippen LogP contribution in [0.3, 0.4) is 0 Å². The Balaban J connectivity index is 1.95. The number of ether oxygens (including phenoxy) is 1. The van der Waals surface area contributed by atoms with Crippen LogP contribution < -0.4 is 10.1 Å². The molecule has 1 amide bonds. The fourth-order valence-corrected chi connectivity index (χ4v) is 2.06. The molecule has 0 unspecified atom stereocenters. The quantitative estimate of drug-likeness (QED) is 0.802. The van der Waals surface area contributed by atoms with E-state index in [2.05, 4.69) is 23.0 Å². The first kappa shape index (κ1) is 15.7. The van der Waals surface area contributed by atoms with Crippen molar-refractivity contribution in [2.24, 2.45) is 0 Å². The summed E-state index contributed by atoms with van der Waals surface area (Å²) < 4.78 is 7.21. The number of hydrogen-bond acceptors (Lipinski definition) is 4. The summed E-state index contributed by atoms with van der Waals surface area (Å²) in [6, 6.07) is 7.05. The van der Waals surface area contributed by atoms with E-state index in [1.807, 2.05) is 19.1 Å². The first-order valence-corrected chi connectivity index (χ1v) is 7.42. The van der Waals surface area contributed by atoms with Crippen molar-refractivity contribution in [2.75, 3.05) is 12.3 Å². The summed E-state index contributed by atoms with van der Waals surface area (Å²) >= 11 is 9.92. The average Bonchev–Trinajstić information content (AvgIpc) is 2.93. The number of aryl methyl sites for hydroxylation is 1. The van der Waals surface area contributed by atoms with Gasteiger partial charge in [0.1, 0.15) is 11.4 Å². The molecule has 0 fully saturated rings. The standard InChI is InChI=1S/C14H16ClN3O2S/c1-10-8-11(15)2-3-13(10)20-9-18-6-4-12(17-18)14(19)16-5-7-21/h2-4,6,8,21H,5,7,9H2,1H3,(H,16,19). The zero-order chi connectivity index (χ0) is 15.2. The maximum atomic E-state index is 11.7. The third kappa shape index (κ3) is 4.41. The summed E-state index contributed by atoms with van der Waals surface area (Å²) in [5.41, 5.74) is 1.30. The lowest BCUT2D eigenvalue weighted by atomic mass is 10.2. The summed E-state index contributed by atoms with van der Waals surface area (Å²) in [6.07, 6.45) is 1.70. The van der Waals surface area contributed by atoms with E-state index < -0.39 is 0 Å². The van der Waals surface area contributed by atoms with Crippen molar-refractivity contribution in [1.29, 1.82) is 0 Å². The van der Waals surface area contributed by atoms with Gasteiger partial charge in [-0.25, -0.2) is 4.68 Å². The van der Waals surface area contributed by atoms with Gasteiger partial charge in [-0.15, -0.1) is 0 Å². The van der Waals surface area contributed by atoms with E-state index in [9.17, 15) is 4.79 Å². The minimum Gasteiger partial charge on any atom is -0.471 e. The molecule has 0 bridgehead atoms. The first-order chi connectivity index (χ1) is 10.1. The number of benzene rings is 1. The van der Waals surface area contributed by atoms with E-state index in [-0.39, 0.29) is 12.6 Å². The number of aromatic nitrogens is 2. The molecule has 0 saturated heterocycles. The second-order valence-electron chi connectivity index (χ2n) is 4.40. The molecular weight excluding hydrogens is 310 g/mol. The van der Waals surface area contributed by atoms with E-state index in [4.69, 9.17) is 16.3 Å². The summed E-state index contributed by atoms with van der Waals surface area (Å²) in [5, 5.41) is 7.53. The molecule has 0 aliphatic rings. The highest BCUT2D eigenvalue weighted by molar-refractivity contribution is 7.80.